The smallest absolute Gasteiger partial charge is 0.263 e. The number of carbonyl (C=O) groups is 1. The number of carbonyl (C=O) groups excluding carboxylic acids is 1. The van der Waals surface area contributed by atoms with Crippen molar-refractivity contribution in [3.05, 3.63) is 21.9 Å². The van der Waals surface area contributed by atoms with Gasteiger partial charge in [-0.05, 0) is 35.9 Å². The number of hydrogen-bond acceptors (Lipinski definition) is 3. The lowest BCUT2D eigenvalue weighted by Gasteiger charge is -2.28. The molecule has 1 heterocycles. The molecule has 0 atom stereocenters. The third kappa shape index (κ3) is 3.06. The fourth-order valence-electron chi connectivity index (χ4n) is 1.54. The zero-order valence-electron chi connectivity index (χ0n) is 10.4. The summed E-state index contributed by atoms with van der Waals surface area (Å²) in [4.78, 5) is 14.7. The Morgan fingerprint density at radius 3 is 2.62 bits per heavy atom. The van der Waals surface area contributed by atoms with E-state index < -0.39 is 0 Å². The molecule has 0 aromatic carbocycles. The molecule has 16 heavy (non-hydrogen) atoms. The van der Waals surface area contributed by atoms with Crippen molar-refractivity contribution >= 4 is 17.2 Å². The molecule has 0 bridgehead atoms. The van der Waals surface area contributed by atoms with Gasteiger partial charge in [0.15, 0.2) is 0 Å². The maximum absolute atomic E-state index is 12.1. The topological polar surface area (TPSA) is 46.3 Å². The first-order chi connectivity index (χ1) is 7.37. The quantitative estimate of drug-likeness (QED) is 0.876. The number of thiophene rings is 1. The minimum absolute atomic E-state index is 0.0322. The van der Waals surface area contributed by atoms with E-state index in [0.717, 1.165) is 10.4 Å². The van der Waals surface area contributed by atoms with Gasteiger partial charge in [-0.15, -0.1) is 11.3 Å². The number of hydrogen-bond donors (Lipinski definition) is 1. The normalized spacial score (nSPS) is 11.6. The Balaban J connectivity index is 2.73. The molecule has 1 aromatic heterocycles. The molecular formula is C12H20N2OS. The van der Waals surface area contributed by atoms with E-state index in [9.17, 15) is 4.79 Å². The van der Waals surface area contributed by atoms with Crippen molar-refractivity contribution in [2.24, 2.45) is 11.1 Å². The second-order valence-corrected chi connectivity index (χ2v) is 5.88. The van der Waals surface area contributed by atoms with Crippen molar-refractivity contribution in [1.29, 1.82) is 0 Å². The molecule has 0 spiro atoms. The highest BCUT2D eigenvalue weighted by molar-refractivity contribution is 7.12. The maximum Gasteiger partial charge on any atom is 0.263 e. The van der Waals surface area contributed by atoms with E-state index in [4.69, 9.17) is 5.73 Å². The summed E-state index contributed by atoms with van der Waals surface area (Å²) in [7, 11) is 1.83. The van der Waals surface area contributed by atoms with Crippen LogP contribution in [0.2, 0.25) is 0 Å². The van der Waals surface area contributed by atoms with Crippen LogP contribution < -0.4 is 5.73 Å². The second kappa shape index (κ2) is 4.97. The summed E-state index contributed by atoms with van der Waals surface area (Å²) in [5.74, 6) is 0.0917. The van der Waals surface area contributed by atoms with Gasteiger partial charge in [-0.1, -0.05) is 13.8 Å². The largest absolute Gasteiger partial charge is 0.340 e. The Bertz CT molecular complexity index is 371. The highest BCUT2D eigenvalue weighted by Crippen LogP contribution is 2.20. The van der Waals surface area contributed by atoms with E-state index in [1.807, 2.05) is 25.4 Å². The van der Waals surface area contributed by atoms with Crippen molar-refractivity contribution in [3.63, 3.8) is 0 Å². The van der Waals surface area contributed by atoms with Gasteiger partial charge >= 0.3 is 0 Å². The van der Waals surface area contributed by atoms with Crippen LogP contribution in [0.5, 0.6) is 0 Å². The Labute approximate surface area is 101 Å². The zero-order chi connectivity index (χ0) is 12.3. The lowest BCUT2D eigenvalue weighted by Crippen LogP contribution is -2.39. The van der Waals surface area contributed by atoms with Gasteiger partial charge in [-0.3, -0.25) is 4.79 Å². The molecule has 4 heteroatoms. The molecule has 1 aromatic rings. The summed E-state index contributed by atoms with van der Waals surface area (Å²) in [5.41, 5.74) is 6.68. The molecule has 0 fully saturated rings. The van der Waals surface area contributed by atoms with Gasteiger partial charge in [-0.25, -0.2) is 0 Å². The molecule has 0 aliphatic carbocycles. The molecule has 1 amide bonds. The fourth-order valence-corrected chi connectivity index (χ4v) is 2.46. The van der Waals surface area contributed by atoms with E-state index in [-0.39, 0.29) is 11.3 Å². The minimum atomic E-state index is -0.0322. The molecule has 0 unspecified atom stereocenters. The molecule has 0 aliphatic rings. The van der Waals surface area contributed by atoms with Crippen LogP contribution in [-0.4, -0.2) is 30.9 Å². The van der Waals surface area contributed by atoms with Crippen molar-refractivity contribution in [2.45, 2.75) is 20.8 Å². The van der Waals surface area contributed by atoms with Crippen molar-refractivity contribution in [3.8, 4) is 0 Å². The monoisotopic (exact) mass is 240 g/mol. The zero-order valence-corrected chi connectivity index (χ0v) is 11.2. The predicted octanol–water partition coefficient (Wildman–Crippen LogP) is 2.11. The Hall–Kier alpha value is -0.870. The Morgan fingerprint density at radius 2 is 2.19 bits per heavy atom. The second-order valence-electron chi connectivity index (χ2n) is 4.96. The average molecular weight is 240 g/mol. The van der Waals surface area contributed by atoms with E-state index in [1.54, 1.807) is 4.90 Å². The molecule has 3 nitrogen and oxygen atoms in total. The van der Waals surface area contributed by atoms with Crippen molar-refractivity contribution in [2.75, 3.05) is 20.1 Å². The average Bonchev–Trinajstić information content (AvgIpc) is 2.62. The van der Waals surface area contributed by atoms with E-state index in [0.29, 0.717) is 13.1 Å². The van der Waals surface area contributed by atoms with Gasteiger partial charge in [0.1, 0.15) is 0 Å². The third-order valence-corrected chi connectivity index (χ3v) is 3.63. The Morgan fingerprint density at radius 1 is 1.56 bits per heavy atom. The number of nitrogens with zero attached hydrogens (tertiary/aromatic N) is 1. The van der Waals surface area contributed by atoms with Crippen LogP contribution in [0.4, 0.5) is 0 Å². The third-order valence-electron chi connectivity index (χ3n) is 2.62. The first-order valence-electron chi connectivity index (χ1n) is 5.37. The SMILES string of the molecule is Cc1ccsc1C(=O)N(C)CC(C)(C)CN. The van der Waals surface area contributed by atoms with Crippen LogP contribution in [0.15, 0.2) is 11.4 Å². The van der Waals surface area contributed by atoms with Crippen LogP contribution in [0.3, 0.4) is 0 Å². The molecular weight excluding hydrogens is 220 g/mol. The van der Waals surface area contributed by atoms with Crippen molar-refractivity contribution < 1.29 is 4.79 Å². The summed E-state index contributed by atoms with van der Waals surface area (Å²) < 4.78 is 0. The van der Waals surface area contributed by atoms with Crippen molar-refractivity contribution in [1.82, 2.24) is 4.90 Å². The highest BCUT2D eigenvalue weighted by atomic mass is 32.1. The van der Waals surface area contributed by atoms with E-state index in [2.05, 4.69) is 13.8 Å². The van der Waals surface area contributed by atoms with Gasteiger partial charge < -0.3 is 10.6 Å². The molecule has 1 rings (SSSR count). The van der Waals surface area contributed by atoms with Gasteiger partial charge in [0.2, 0.25) is 0 Å². The van der Waals surface area contributed by atoms with Crippen LogP contribution in [0.25, 0.3) is 0 Å². The summed E-state index contributed by atoms with van der Waals surface area (Å²) in [6.45, 7) is 7.36. The van der Waals surface area contributed by atoms with Crippen LogP contribution >= 0.6 is 11.3 Å². The number of nitrogens with two attached hydrogens (primary N) is 1. The lowest BCUT2D eigenvalue weighted by molar-refractivity contribution is 0.0744. The van der Waals surface area contributed by atoms with Crippen LogP contribution in [0.1, 0.15) is 29.1 Å². The van der Waals surface area contributed by atoms with E-state index >= 15 is 0 Å². The Kier molecular flexibility index (Phi) is 4.10. The maximum atomic E-state index is 12.1. The number of aryl methyl sites for hydroxylation is 1. The number of rotatable bonds is 4. The molecule has 0 radical (unpaired) electrons. The first-order valence-corrected chi connectivity index (χ1v) is 6.25. The fraction of sp³-hybridized carbons (Fsp3) is 0.583. The molecule has 0 saturated heterocycles. The summed E-state index contributed by atoms with van der Waals surface area (Å²) in [5, 5.41) is 1.95. The van der Waals surface area contributed by atoms with Gasteiger partial charge in [-0.2, -0.15) is 0 Å². The minimum Gasteiger partial charge on any atom is -0.340 e. The standard InChI is InChI=1S/C12H20N2OS/c1-9-5-6-16-10(9)11(15)14(4)8-12(2,3)7-13/h5-6H,7-8,13H2,1-4H3. The molecule has 2 N–H and O–H groups in total. The molecule has 0 saturated carbocycles. The van der Waals surface area contributed by atoms with Gasteiger partial charge in [0.25, 0.3) is 5.91 Å². The predicted molar refractivity (Wildman–Crippen MR) is 68.9 cm³/mol. The van der Waals surface area contributed by atoms with E-state index in [1.165, 1.54) is 11.3 Å². The van der Waals surface area contributed by atoms with Crippen LogP contribution in [-0.2, 0) is 0 Å². The summed E-state index contributed by atoms with van der Waals surface area (Å²) in [6, 6.07) is 1.97. The number of amides is 1. The molecule has 90 valence electrons. The van der Waals surface area contributed by atoms with Gasteiger partial charge in [0, 0.05) is 13.6 Å². The van der Waals surface area contributed by atoms with Crippen LogP contribution in [0, 0.1) is 12.3 Å². The van der Waals surface area contributed by atoms with Gasteiger partial charge in [0.05, 0.1) is 4.88 Å². The molecule has 0 aliphatic heterocycles. The lowest BCUT2D eigenvalue weighted by atomic mass is 9.93. The highest BCUT2D eigenvalue weighted by Gasteiger charge is 2.23. The summed E-state index contributed by atoms with van der Waals surface area (Å²) in [6.07, 6.45) is 0. The first kappa shape index (κ1) is 13.2. The summed E-state index contributed by atoms with van der Waals surface area (Å²) >= 11 is 1.50.